The van der Waals surface area contributed by atoms with Crippen LogP contribution in [0.3, 0.4) is 0 Å². The third-order valence-corrected chi connectivity index (χ3v) is 14.9. The molecule has 0 aromatic carbocycles. The molecule has 34 nitrogen and oxygen atoms in total. The van der Waals surface area contributed by atoms with Gasteiger partial charge >= 0.3 is 0 Å². The molecule has 0 bridgehead atoms. The van der Waals surface area contributed by atoms with Crippen molar-refractivity contribution < 1.29 is 133 Å². The minimum Gasteiger partial charge on any atom is -0.394 e. The summed E-state index contributed by atoms with van der Waals surface area (Å²) < 4.78 is 50.4. The topological polar surface area (TPSA) is 512 Å². The molecule has 3 aliphatic rings. The molecule has 0 saturated carbocycles. The molecule has 15 atom stereocenters. The molecular formula is C58H107N7O27. The van der Waals surface area contributed by atoms with Crippen molar-refractivity contribution in [2.45, 2.75) is 214 Å². The van der Waals surface area contributed by atoms with E-state index in [-0.39, 0.29) is 159 Å². The molecule has 0 aromatic heterocycles. The van der Waals surface area contributed by atoms with E-state index in [0.717, 1.165) is 0 Å². The van der Waals surface area contributed by atoms with Crippen LogP contribution in [0.15, 0.2) is 0 Å². The fourth-order valence-corrected chi connectivity index (χ4v) is 9.70. The van der Waals surface area contributed by atoms with Gasteiger partial charge in [-0.25, -0.2) is 0 Å². The molecule has 34 heteroatoms. The number of hydrogen-bond donors (Lipinski definition) is 19. The Hall–Kier alpha value is -4.06. The van der Waals surface area contributed by atoms with Crippen LogP contribution in [0.5, 0.6) is 0 Å². The maximum absolute atomic E-state index is 12.8. The molecule has 3 aliphatic heterocycles. The Morgan fingerprint density at radius 1 is 0.348 bits per heavy atom. The standard InChI is InChI=1S/C58H107N7O27/c1-36(2)65-58(33-84-27-15-43(72)62-21-9-18-59-40(69)12-3-6-24-87-55-52(81)49(78)46(75)37(30-66)90-55,34-85-28-16-44(73)63-22-10-19-60-41(70)13-4-7-25-88-56-53(82)50(79)47(76)38(31-67)91-56)35-86-29-17-45(74)64-23-11-20-61-42(71)14-5-8-26-89-57-54(83)51(80)48(77)39(32-68)92-57/h36-39,46-57,65-68,75-83H,3-35H2,1-2H3,(H,59,69)(H,60,70)(H,61,71)(H,62,72)(H,63,73)(H,64,74)/t37-,38-,39-,46+,47+,48+,49+,50+,51+,52-,53-,54-,55-,56-,57-/m1/s1. The van der Waals surface area contributed by atoms with Gasteiger partial charge in [-0.15, -0.1) is 0 Å². The Kier molecular flexibility index (Phi) is 41.9. The molecule has 0 spiro atoms. The van der Waals surface area contributed by atoms with Crippen LogP contribution in [0.2, 0.25) is 0 Å². The van der Waals surface area contributed by atoms with Crippen molar-refractivity contribution in [3.63, 3.8) is 0 Å². The second-order valence-electron chi connectivity index (χ2n) is 23.2. The third kappa shape index (κ3) is 32.1. The Labute approximate surface area is 536 Å². The first-order valence-corrected chi connectivity index (χ1v) is 31.9. The fraction of sp³-hybridized carbons (Fsp3) is 0.897. The maximum atomic E-state index is 12.8. The largest absolute Gasteiger partial charge is 0.394 e. The first-order chi connectivity index (χ1) is 44.1. The Balaban J connectivity index is 1.36. The summed E-state index contributed by atoms with van der Waals surface area (Å²) in [5.41, 5.74) is -1.00. The molecule has 92 heavy (non-hydrogen) atoms. The molecule has 536 valence electrons. The Morgan fingerprint density at radius 2 is 0.598 bits per heavy atom. The zero-order valence-corrected chi connectivity index (χ0v) is 53.1. The molecule has 6 amide bonds. The lowest BCUT2D eigenvalue weighted by Gasteiger charge is -2.39. The molecule has 0 aromatic rings. The minimum absolute atomic E-state index is 0.00386. The smallest absolute Gasteiger partial charge is 0.222 e. The number of aliphatic hydroxyl groups excluding tert-OH is 12. The summed E-state index contributed by atoms with van der Waals surface area (Å²) in [7, 11) is 0. The number of ether oxygens (including phenoxy) is 9. The van der Waals surface area contributed by atoms with Crippen LogP contribution in [0.25, 0.3) is 0 Å². The minimum atomic E-state index is -1.55. The van der Waals surface area contributed by atoms with E-state index in [0.29, 0.717) is 77.4 Å². The average Bonchev–Trinajstić information content (AvgIpc) is 0.908. The van der Waals surface area contributed by atoms with Gasteiger partial charge in [-0.1, -0.05) is 13.8 Å². The molecular weight excluding hydrogens is 1230 g/mol. The second-order valence-corrected chi connectivity index (χ2v) is 23.2. The Bertz CT molecular complexity index is 1850. The molecule has 3 saturated heterocycles. The summed E-state index contributed by atoms with van der Waals surface area (Å²) in [4.78, 5) is 75.4. The summed E-state index contributed by atoms with van der Waals surface area (Å²) >= 11 is 0. The molecule has 3 fully saturated rings. The lowest BCUT2D eigenvalue weighted by atomic mass is 9.99. The van der Waals surface area contributed by atoms with Gasteiger partial charge in [0.2, 0.25) is 35.4 Å². The number of nitrogens with one attached hydrogen (secondary N) is 7. The number of hydrogen-bond acceptors (Lipinski definition) is 28. The number of unbranched alkanes of at least 4 members (excludes halogenated alkanes) is 3. The first-order valence-electron chi connectivity index (χ1n) is 31.9. The van der Waals surface area contributed by atoms with Gasteiger partial charge in [-0.2, -0.15) is 0 Å². The van der Waals surface area contributed by atoms with Crippen LogP contribution in [0.4, 0.5) is 0 Å². The van der Waals surface area contributed by atoms with Gasteiger partial charge in [0.05, 0.1) is 65.0 Å². The van der Waals surface area contributed by atoms with Crippen LogP contribution in [-0.4, -0.2) is 319 Å². The van der Waals surface area contributed by atoms with Crippen LogP contribution >= 0.6 is 0 Å². The highest BCUT2D eigenvalue weighted by molar-refractivity contribution is 5.78. The van der Waals surface area contributed by atoms with Gasteiger partial charge in [-0.05, 0) is 57.8 Å². The summed E-state index contributed by atoms with van der Waals surface area (Å²) in [5.74, 6) is -1.52. The van der Waals surface area contributed by atoms with E-state index >= 15 is 0 Å². The quantitative estimate of drug-likeness (QED) is 0.0252. The number of rotatable bonds is 50. The number of amides is 6. The predicted octanol–water partition coefficient (Wildman–Crippen LogP) is -7.23. The highest BCUT2D eigenvalue weighted by Gasteiger charge is 2.46. The SMILES string of the molecule is CC(C)NC(COCCC(=O)NCCCNC(=O)CCCCO[C@@H]1O[C@H](CO)[C@H](O)[C@H](O)[C@H]1O)(COCCC(=O)NCCCNC(=O)CCCCO[C@@H]1O[C@H](CO)[C@H](O)[C@H](O)[C@H]1O)COCCC(=O)NCCCNC(=O)CCCCO[C@@H]1O[C@H](CO)[C@H](O)[C@H](O)[C@H]1O. The molecule has 19 N–H and O–H groups in total. The van der Waals surface area contributed by atoms with Crippen LogP contribution in [0.1, 0.15) is 110 Å². The average molecular weight is 1330 g/mol. The van der Waals surface area contributed by atoms with E-state index in [1.54, 1.807) is 0 Å². The lowest BCUT2D eigenvalue weighted by molar-refractivity contribution is -0.301. The van der Waals surface area contributed by atoms with E-state index in [1.165, 1.54) is 0 Å². The van der Waals surface area contributed by atoms with Crippen molar-refractivity contribution in [1.29, 1.82) is 0 Å². The van der Waals surface area contributed by atoms with Crippen molar-refractivity contribution in [1.82, 2.24) is 37.2 Å². The molecule has 0 radical (unpaired) electrons. The molecule has 0 aliphatic carbocycles. The van der Waals surface area contributed by atoms with E-state index in [1.807, 2.05) is 13.8 Å². The lowest BCUT2D eigenvalue weighted by Crippen LogP contribution is -2.59. The fourth-order valence-electron chi connectivity index (χ4n) is 9.70. The number of carbonyl (C=O) groups is 6. The summed E-state index contributed by atoms with van der Waals surface area (Å²) in [6.45, 7) is 4.16. The number of carbonyl (C=O) groups excluding carboxylic acids is 6. The van der Waals surface area contributed by atoms with Gasteiger partial charge in [0.15, 0.2) is 18.9 Å². The summed E-state index contributed by atoms with van der Waals surface area (Å²) in [5, 5.41) is 138. The van der Waals surface area contributed by atoms with Gasteiger partial charge in [0.25, 0.3) is 0 Å². The van der Waals surface area contributed by atoms with Gasteiger partial charge in [-0.3, -0.25) is 28.8 Å². The van der Waals surface area contributed by atoms with E-state index in [2.05, 4.69) is 37.2 Å². The third-order valence-electron chi connectivity index (χ3n) is 14.9. The zero-order valence-electron chi connectivity index (χ0n) is 53.1. The van der Waals surface area contributed by atoms with Crippen molar-refractivity contribution in [3.8, 4) is 0 Å². The van der Waals surface area contributed by atoms with Crippen LogP contribution < -0.4 is 37.2 Å². The highest BCUT2D eigenvalue weighted by Crippen LogP contribution is 2.25. The maximum Gasteiger partial charge on any atom is 0.222 e. The van der Waals surface area contributed by atoms with Crippen molar-refractivity contribution in [2.24, 2.45) is 0 Å². The summed E-state index contributed by atoms with van der Waals surface area (Å²) in [6.07, 6.45) is -16.2. The van der Waals surface area contributed by atoms with Gasteiger partial charge in [0, 0.05) is 104 Å². The molecule has 3 heterocycles. The van der Waals surface area contributed by atoms with Crippen LogP contribution in [0, 0.1) is 0 Å². The molecule has 0 unspecified atom stereocenters. The Morgan fingerprint density at radius 3 is 0.837 bits per heavy atom. The van der Waals surface area contributed by atoms with Gasteiger partial charge < -0.3 is 141 Å². The normalized spacial score (nSPS) is 26.7. The van der Waals surface area contributed by atoms with E-state index in [9.17, 15) is 90.0 Å². The van der Waals surface area contributed by atoms with E-state index < -0.39 is 117 Å². The number of aliphatic hydroxyl groups is 12. The predicted molar refractivity (Wildman–Crippen MR) is 320 cm³/mol. The van der Waals surface area contributed by atoms with Gasteiger partial charge in [0.1, 0.15) is 73.2 Å². The van der Waals surface area contributed by atoms with E-state index in [4.69, 9.17) is 42.6 Å². The van der Waals surface area contributed by atoms with Crippen molar-refractivity contribution in [2.75, 3.05) is 119 Å². The van der Waals surface area contributed by atoms with Crippen LogP contribution in [-0.2, 0) is 71.4 Å². The first kappa shape index (κ1) is 82.2. The van der Waals surface area contributed by atoms with Crippen molar-refractivity contribution in [3.05, 3.63) is 0 Å². The van der Waals surface area contributed by atoms with Crippen molar-refractivity contribution >= 4 is 35.4 Å². The highest BCUT2D eigenvalue weighted by atomic mass is 16.7. The molecule has 3 rings (SSSR count). The zero-order chi connectivity index (χ0) is 67.8. The second kappa shape index (κ2) is 47.0. The monoisotopic (exact) mass is 1330 g/mol. The summed E-state index contributed by atoms with van der Waals surface area (Å²) in [6, 6.07) is -0.126.